The first kappa shape index (κ1) is 18.2. The summed E-state index contributed by atoms with van der Waals surface area (Å²) in [7, 11) is -2.18. The lowest BCUT2D eigenvalue weighted by molar-refractivity contribution is -0.385. The molecular formula is C17H18N2O6S. The quantitative estimate of drug-likeness (QED) is 0.397. The van der Waals surface area contributed by atoms with Crippen LogP contribution >= 0.6 is 0 Å². The Labute approximate surface area is 151 Å². The van der Waals surface area contributed by atoms with E-state index >= 15 is 0 Å². The summed E-state index contributed by atoms with van der Waals surface area (Å²) in [6.07, 6.45) is -0.0637. The van der Waals surface area contributed by atoms with E-state index in [0.29, 0.717) is 17.9 Å². The molecule has 1 atom stereocenters. The van der Waals surface area contributed by atoms with E-state index in [9.17, 15) is 18.5 Å². The van der Waals surface area contributed by atoms with Crippen molar-refractivity contribution < 1.29 is 22.8 Å². The third kappa shape index (κ3) is 4.30. The Kier molecular flexibility index (Phi) is 5.10. The average molecular weight is 378 g/mol. The van der Waals surface area contributed by atoms with Crippen molar-refractivity contribution in [2.45, 2.75) is 11.9 Å². The van der Waals surface area contributed by atoms with E-state index in [1.54, 1.807) is 30.3 Å². The lowest BCUT2D eigenvalue weighted by Crippen LogP contribution is -2.27. The van der Waals surface area contributed by atoms with Gasteiger partial charge in [0.25, 0.3) is 0 Å². The molecular weight excluding hydrogens is 360 g/mol. The highest BCUT2D eigenvalue weighted by atomic mass is 32.2. The Balaban J connectivity index is 1.81. The summed E-state index contributed by atoms with van der Waals surface area (Å²) in [5.74, 6) is -0.257. The fraction of sp³-hybridized carbons (Fsp3) is 0.294. The van der Waals surface area contributed by atoms with Gasteiger partial charge in [-0.05, 0) is 23.8 Å². The highest BCUT2D eigenvalue weighted by molar-refractivity contribution is 7.92. The summed E-state index contributed by atoms with van der Waals surface area (Å²) in [5, 5.41) is 11.1. The largest absolute Gasteiger partial charge is 0.484 e. The monoisotopic (exact) mass is 378 g/mol. The zero-order valence-corrected chi connectivity index (χ0v) is 14.9. The van der Waals surface area contributed by atoms with Crippen molar-refractivity contribution in [1.29, 1.82) is 0 Å². The van der Waals surface area contributed by atoms with Crippen LogP contribution in [-0.4, -0.2) is 39.7 Å². The number of sulfonamides is 1. The molecule has 2 aromatic carbocycles. The molecule has 1 aliphatic heterocycles. The number of anilines is 1. The first-order valence-electron chi connectivity index (χ1n) is 7.90. The maximum Gasteiger partial charge on any atom is 0.310 e. The number of ether oxygens (including phenoxy) is 2. The van der Waals surface area contributed by atoms with Crippen LogP contribution in [0, 0.1) is 10.1 Å². The predicted molar refractivity (Wildman–Crippen MR) is 95.8 cm³/mol. The number of hydrogen-bond acceptors (Lipinski definition) is 6. The molecule has 0 spiro atoms. The van der Waals surface area contributed by atoms with Gasteiger partial charge in [0.15, 0.2) is 5.75 Å². The number of para-hydroxylation sites is 1. The third-order valence-electron chi connectivity index (χ3n) is 3.93. The van der Waals surface area contributed by atoms with E-state index in [-0.39, 0.29) is 29.9 Å². The van der Waals surface area contributed by atoms with Gasteiger partial charge in [-0.2, -0.15) is 0 Å². The molecule has 1 unspecified atom stereocenters. The van der Waals surface area contributed by atoms with E-state index in [1.165, 1.54) is 29.6 Å². The second-order valence-corrected chi connectivity index (χ2v) is 7.89. The highest BCUT2D eigenvalue weighted by Crippen LogP contribution is 2.30. The van der Waals surface area contributed by atoms with Gasteiger partial charge < -0.3 is 9.47 Å². The molecule has 8 nitrogen and oxygen atoms in total. The van der Waals surface area contributed by atoms with Crippen LogP contribution in [0.3, 0.4) is 0 Å². The number of nitro benzene ring substituents is 1. The Hall–Kier alpha value is -2.65. The molecule has 0 aromatic heterocycles. The van der Waals surface area contributed by atoms with Crippen LogP contribution in [0.5, 0.6) is 5.75 Å². The minimum Gasteiger partial charge on any atom is -0.484 e. The molecule has 1 heterocycles. The van der Waals surface area contributed by atoms with Crippen molar-refractivity contribution in [3.63, 3.8) is 0 Å². The van der Waals surface area contributed by atoms with Gasteiger partial charge in [0.2, 0.25) is 10.0 Å². The molecule has 1 fully saturated rings. The summed E-state index contributed by atoms with van der Waals surface area (Å²) in [6.45, 7) is 0.755. The number of rotatable bonds is 8. The molecule has 0 aliphatic carbocycles. The van der Waals surface area contributed by atoms with Crippen molar-refractivity contribution in [2.24, 2.45) is 0 Å². The fourth-order valence-electron chi connectivity index (χ4n) is 2.37. The SMILES string of the molecule is CN(c1ccccc1)S(=O)(=O)Cc1ccc([N+](=O)[O-])c(OCC2CO2)c1. The van der Waals surface area contributed by atoms with Gasteiger partial charge in [-0.3, -0.25) is 14.4 Å². The standard InChI is InChI=1S/C17H18N2O6S/c1-18(14-5-3-2-4-6-14)26(22,23)12-13-7-8-16(19(20)21)17(9-13)25-11-15-10-24-15/h2-9,15H,10-12H2,1H3. The van der Waals surface area contributed by atoms with E-state index in [2.05, 4.69) is 0 Å². The molecule has 9 heteroatoms. The Morgan fingerprint density at radius 2 is 1.96 bits per heavy atom. The maximum atomic E-state index is 12.6. The smallest absolute Gasteiger partial charge is 0.310 e. The minimum atomic E-state index is -3.65. The van der Waals surface area contributed by atoms with Crippen LogP contribution in [-0.2, 0) is 20.5 Å². The van der Waals surface area contributed by atoms with Gasteiger partial charge in [-0.15, -0.1) is 0 Å². The Morgan fingerprint density at radius 1 is 1.27 bits per heavy atom. The van der Waals surface area contributed by atoms with Crippen molar-refractivity contribution in [3.8, 4) is 5.75 Å². The van der Waals surface area contributed by atoms with Crippen molar-refractivity contribution in [1.82, 2.24) is 0 Å². The van der Waals surface area contributed by atoms with Gasteiger partial charge in [0, 0.05) is 13.1 Å². The second kappa shape index (κ2) is 7.30. The van der Waals surface area contributed by atoms with Crippen molar-refractivity contribution in [2.75, 3.05) is 24.6 Å². The molecule has 2 aromatic rings. The van der Waals surface area contributed by atoms with E-state index < -0.39 is 14.9 Å². The number of benzene rings is 2. The van der Waals surface area contributed by atoms with E-state index in [1.807, 2.05) is 0 Å². The summed E-state index contributed by atoms with van der Waals surface area (Å²) in [5.41, 5.74) is 0.741. The zero-order valence-electron chi connectivity index (χ0n) is 14.1. The van der Waals surface area contributed by atoms with Gasteiger partial charge >= 0.3 is 5.69 Å². The molecule has 1 saturated heterocycles. The van der Waals surface area contributed by atoms with Crippen LogP contribution in [0.4, 0.5) is 11.4 Å². The van der Waals surface area contributed by atoms with Crippen LogP contribution in [0.2, 0.25) is 0 Å². The fourth-order valence-corrected chi connectivity index (χ4v) is 3.61. The zero-order chi connectivity index (χ0) is 18.7. The summed E-state index contributed by atoms with van der Waals surface area (Å²) < 4.78 is 36.9. The van der Waals surface area contributed by atoms with Crippen molar-refractivity contribution >= 4 is 21.4 Å². The van der Waals surface area contributed by atoms with Crippen molar-refractivity contribution in [3.05, 3.63) is 64.2 Å². The number of nitro groups is 1. The van der Waals surface area contributed by atoms with Crippen LogP contribution in [0.1, 0.15) is 5.56 Å². The van der Waals surface area contributed by atoms with Gasteiger partial charge in [-0.25, -0.2) is 8.42 Å². The topological polar surface area (TPSA) is 102 Å². The Morgan fingerprint density at radius 3 is 2.58 bits per heavy atom. The predicted octanol–water partition coefficient (Wildman–Crippen LogP) is 2.34. The normalized spacial score (nSPS) is 16.1. The summed E-state index contributed by atoms with van der Waals surface area (Å²) in [4.78, 5) is 10.6. The molecule has 0 saturated carbocycles. The molecule has 26 heavy (non-hydrogen) atoms. The van der Waals surface area contributed by atoms with Gasteiger partial charge in [-0.1, -0.05) is 24.3 Å². The summed E-state index contributed by atoms with van der Waals surface area (Å²) >= 11 is 0. The minimum absolute atomic E-state index is 0.0422. The Bertz CT molecular complexity index is 897. The summed E-state index contributed by atoms with van der Waals surface area (Å²) in [6, 6.07) is 12.8. The van der Waals surface area contributed by atoms with E-state index in [4.69, 9.17) is 9.47 Å². The number of nitrogens with zero attached hydrogens (tertiary/aromatic N) is 2. The maximum absolute atomic E-state index is 12.6. The van der Waals surface area contributed by atoms with Crippen LogP contribution in [0.25, 0.3) is 0 Å². The van der Waals surface area contributed by atoms with E-state index in [0.717, 1.165) is 0 Å². The number of hydrogen-bond donors (Lipinski definition) is 0. The lowest BCUT2D eigenvalue weighted by atomic mass is 10.2. The first-order valence-corrected chi connectivity index (χ1v) is 9.51. The third-order valence-corrected chi connectivity index (χ3v) is 5.68. The number of epoxide rings is 1. The molecule has 0 amide bonds. The lowest BCUT2D eigenvalue weighted by Gasteiger charge is -2.19. The first-order chi connectivity index (χ1) is 12.4. The van der Waals surface area contributed by atoms with Gasteiger partial charge in [0.05, 0.1) is 23.0 Å². The highest BCUT2D eigenvalue weighted by Gasteiger charge is 2.26. The molecule has 0 bridgehead atoms. The van der Waals surface area contributed by atoms with Crippen LogP contribution < -0.4 is 9.04 Å². The molecule has 0 radical (unpaired) electrons. The van der Waals surface area contributed by atoms with Crippen LogP contribution in [0.15, 0.2) is 48.5 Å². The molecule has 3 rings (SSSR count). The molecule has 1 aliphatic rings. The second-order valence-electron chi connectivity index (χ2n) is 5.88. The molecule has 138 valence electrons. The average Bonchev–Trinajstić information content (AvgIpc) is 3.44. The van der Waals surface area contributed by atoms with Gasteiger partial charge in [0.1, 0.15) is 12.7 Å². The molecule has 0 N–H and O–H groups in total.